The molecular formula is C12H13F2NO3. The molecule has 98 valence electrons. The molecule has 0 atom stereocenters. The average molecular weight is 257 g/mol. The van der Waals surface area contributed by atoms with Crippen LogP contribution in [0.1, 0.15) is 19.4 Å². The van der Waals surface area contributed by atoms with Crippen molar-refractivity contribution in [1.29, 1.82) is 0 Å². The molecule has 0 aliphatic rings. The third-order valence-electron chi connectivity index (χ3n) is 2.35. The second kappa shape index (κ2) is 5.12. The summed E-state index contributed by atoms with van der Waals surface area (Å²) in [5, 5.41) is 11.0. The molecule has 0 fully saturated rings. The lowest BCUT2D eigenvalue weighted by atomic mass is 10.0. The number of carbonyl (C=O) groups is 2. The number of benzene rings is 1. The minimum atomic E-state index is -1.46. The van der Waals surface area contributed by atoms with Crippen LogP contribution >= 0.6 is 0 Å². The van der Waals surface area contributed by atoms with Crippen molar-refractivity contribution >= 4 is 11.9 Å². The summed E-state index contributed by atoms with van der Waals surface area (Å²) in [5.41, 5.74) is -1.57. The fourth-order valence-electron chi connectivity index (χ4n) is 1.30. The molecule has 18 heavy (non-hydrogen) atoms. The van der Waals surface area contributed by atoms with Gasteiger partial charge in [-0.25, -0.2) is 13.6 Å². The number of hydrogen-bond donors (Lipinski definition) is 2. The number of halogens is 2. The molecule has 6 heteroatoms. The maximum absolute atomic E-state index is 13.3. The standard InChI is InChI=1S/C12H13F2NO3/c1-12(2,11(17)18)15-10(16)6-7-5-8(13)3-4-9(7)14/h3-5H,6H2,1-2H3,(H,15,16)(H,17,18). The van der Waals surface area contributed by atoms with E-state index in [1.165, 1.54) is 13.8 Å². The normalized spacial score (nSPS) is 11.1. The molecule has 0 spiro atoms. The van der Waals surface area contributed by atoms with Gasteiger partial charge in [0.15, 0.2) is 0 Å². The maximum Gasteiger partial charge on any atom is 0.328 e. The third-order valence-corrected chi connectivity index (χ3v) is 2.35. The van der Waals surface area contributed by atoms with Crippen LogP contribution in [0.25, 0.3) is 0 Å². The van der Waals surface area contributed by atoms with Crippen LogP contribution in [0.3, 0.4) is 0 Å². The minimum absolute atomic E-state index is 0.117. The van der Waals surface area contributed by atoms with E-state index in [1.54, 1.807) is 0 Å². The quantitative estimate of drug-likeness (QED) is 0.858. The molecule has 1 aromatic rings. The third kappa shape index (κ3) is 3.51. The number of aliphatic carboxylic acids is 1. The molecule has 4 nitrogen and oxygen atoms in total. The van der Waals surface area contributed by atoms with E-state index < -0.39 is 35.5 Å². The van der Waals surface area contributed by atoms with Gasteiger partial charge >= 0.3 is 5.97 Å². The van der Waals surface area contributed by atoms with Crippen molar-refractivity contribution in [2.24, 2.45) is 0 Å². The first-order valence-electron chi connectivity index (χ1n) is 5.20. The second-order valence-corrected chi connectivity index (χ2v) is 4.39. The van der Waals surface area contributed by atoms with Gasteiger partial charge in [-0.1, -0.05) is 0 Å². The Morgan fingerprint density at radius 3 is 2.50 bits per heavy atom. The zero-order valence-electron chi connectivity index (χ0n) is 9.96. The number of rotatable bonds is 4. The predicted molar refractivity (Wildman–Crippen MR) is 59.9 cm³/mol. The molecule has 0 bridgehead atoms. The van der Waals surface area contributed by atoms with E-state index in [0.29, 0.717) is 0 Å². The molecule has 0 heterocycles. The van der Waals surface area contributed by atoms with Gasteiger partial charge in [0.1, 0.15) is 17.2 Å². The fraction of sp³-hybridized carbons (Fsp3) is 0.333. The highest BCUT2D eigenvalue weighted by Gasteiger charge is 2.29. The minimum Gasteiger partial charge on any atom is -0.480 e. The maximum atomic E-state index is 13.3. The molecule has 0 saturated heterocycles. The lowest BCUT2D eigenvalue weighted by Crippen LogP contribution is -2.50. The van der Waals surface area contributed by atoms with Crippen molar-refractivity contribution in [2.45, 2.75) is 25.8 Å². The van der Waals surface area contributed by atoms with Gasteiger partial charge in [-0.3, -0.25) is 4.79 Å². The molecule has 1 amide bonds. The topological polar surface area (TPSA) is 66.4 Å². The van der Waals surface area contributed by atoms with E-state index >= 15 is 0 Å². The van der Waals surface area contributed by atoms with Crippen LogP contribution in [-0.4, -0.2) is 22.5 Å². The zero-order valence-corrected chi connectivity index (χ0v) is 9.96. The Labute approximate surface area is 103 Å². The van der Waals surface area contributed by atoms with Gasteiger partial charge in [-0.15, -0.1) is 0 Å². The van der Waals surface area contributed by atoms with Crippen LogP contribution in [0.2, 0.25) is 0 Å². The van der Waals surface area contributed by atoms with Crippen LogP contribution in [-0.2, 0) is 16.0 Å². The molecule has 2 N–H and O–H groups in total. The van der Waals surface area contributed by atoms with E-state index in [0.717, 1.165) is 18.2 Å². The zero-order chi connectivity index (χ0) is 13.9. The number of carbonyl (C=O) groups excluding carboxylic acids is 1. The Balaban J connectivity index is 2.77. The SMILES string of the molecule is CC(C)(NC(=O)Cc1cc(F)ccc1F)C(=O)O. The highest BCUT2D eigenvalue weighted by Crippen LogP contribution is 2.11. The van der Waals surface area contributed by atoms with Gasteiger partial charge < -0.3 is 10.4 Å². The Morgan fingerprint density at radius 1 is 1.33 bits per heavy atom. The van der Waals surface area contributed by atoms with Crippen LogP contribution in [0.5, 0.6) is 0 Å². The number of hydrogen-bond acceptors (Lipinski definition) is 2. The number of carboxylic acid groups (broad SMARTS) is 1. The molecule has 0 unspecified atom stereocenters. The van der Waals surface area contributed by atoms with Crippen LogP contribution in [0.15, 0.2) is 18.2 Å². The summed E-state index contributed by atoms with van der Waals surface area (Å²) in [5.74, 6) is -3.26. The summed E-state index contributed by atoms with van der Waals surface area (Å²) < 4.78 is 26.1. The van der Waals surface area contributed by atoms with Crippen molar-refractivity contribution in [3.8, 4) is 0 Å². The van der Waals surface area contributed by atoms with Gasteiger partial charge in [0.2, 0.25) is 5.91 Å². The molecular weight excluding hydrogens is 244 g/mol. The molecule has 0 saturated carbocycles. The van der Waals surface area contributed by atoms with E-state index in [4.69, 9.17) is 5.11 Å². The lowest BCUT2D eigenvalue weighted by molar-refractivity contribution is -0.145. The summed E-state index contributed by atoms with van der Waals surface area (Å²) in [4.78, 5) is 22.3. The molecule has 1 aromatic carbocycles. The number of nitrogens with one attached hydrogen (secondary N) is 1. The van der Waals surface area contributed by atoms with Crippen LogP contribution < -0.4 is 5.32 Å². The summed E-state index contributed by atoms with van der Waals surface area (Å²) in [7, 11) is 0. The van der Waals surface area contributed by atoms with E-state index in [1.807, 2.05) is 0 Å². The summed E-state index contributed by atoms with van der Waals surface area (Å²) in [6.07, 6.45) is -0.416. The molecule has 0 aromatic heterocycles. The Kier molecular flexibility index (Phi) is 4.00. The lowest BCUT2D eigenvalue weighted by Gasteiger charge is -2.21. The van der Waals surface area contributed by atoms with Gasteiger partial charge in [0, 0.05) is 5.56 Å². The predicted octanol–water partition coefficient (Wildman–Crippen LogP) is 1.49. The van der Waals surface area contributed by atoms with Gasteiger partial charge in [0.25, 0.3) is 0 Å². The van der Waals surface area contributed by atoms with Crippen molar-refractivity contribution in [2.75, 3.05) is 0 Å². The molecule has 0 aliphatic heterocycles. The molecule has 1 rings (SSSR count). The number of carboxylic acids is 1. The average Bonchev–Trinajstić information content (AvgIpc) is 2.22. The first-order valence-corrected chi connectivity index (χ1v) is 5.20. The largest absolute Gasteiger partial charge is 0.480 e. The highest BCUT2D eigenvalue weighted by atomic mass is 19.1. The Morgan fingerprint density at radius 2 is 1.94 bits per heavy atom. The Hall–Kier alpha value is -1.98. The number of amides is 1. The van der Waals surface area contributed by atoms with E-state index in [2.05, 4.69) is 5.32 Å². The smallest absolute Gasteiger partial charge is 0.328 e. The first-order chi connectivity index (χ1) is 8.22. The van der Waals surface area contributed by atoms with Crippen molar-refractivity contribution < 1.29 is 23.5 Å². The van der Waals surface area contributed by atoms with Gasteiger partial charge in [0.05, 0.1) is 6.42 Å². The summed E-state index contributed by atoms with van der Waals surface area (Å²) in [6.45, 7) is 2.60. The second-order valence-electron chi connectivity index (χ2n) is 4.39. The van der Waals surface area contributed by atoms with Crippen molar-refractivity contribution in [3.63, 3.8) is 0 Å². The van der Waals surface area contributed by atoms with Gasteiger partial charge in [-0.2, -0.15) is 0 Å². The van der Waals surface area contributed by atoms with Crippen LogP contribution in [0, 0.1) is 11.6 Å². The van der Waals surface area contributed by atoms with E-state index in [9.17, 15) is 18.4 Å². The first kappa shape index (κ1) is 14.1. The van der Waals surface area contributed by atoms with Gasteiger partial charge in [-0.05, 0) is 32.0 Å². The summed E-state index contributed by atoms with van der Waals surface area (Å²) >= 11 is 0. The molecule has 0 aliphatic carbocycles. The highest BCUT2D eigenvalue weighted by molar-refractivity contribution is 5.87. The van der Waals surface area contributed by atoms with Crippen molar-refractivity contribution in [1.82, 2.24) is 5.32 Å². The fourth-order valence-corrected chi connectivity index (χ4v) is 1.30. The summed E-state index contributed by atoms with van der Waals surface area (Å²) in [6, 6.07) is 2.76. The molecule has 0 radical (unpaired) electrons. The monoisotopic (exact) mass is 257 g/mol. The van der Waals surface area contributed by atoms with Crippen LogP contribution in [0.4, 0.5) is 8.78 Å². The Bertz CT molecular complexity index is 486. The van der Waals surface area contributed by atoms with Crippen molar-refractivity contribution in [3.05, 3.63) is 35.4 Å². The van der Waals surface area contributed by atoms with E-state index in [-0.39, 0.29) is 5.56 Å².